The van der Waals surface area contributed by atoms with E-state index in [0.29, 0.717) is 0 Å². The molecule has 2 rings (SSSR count). The van der Waals surface area contributed by atoms with Crippen LogP contribution in [0.4, 0.5) is 4.39 Å². The van der Waals surface area contributed by atoms with Crippen molar-refractivity contribution in [1.29, 1.82) is 0 Å². The first-order chi connectivity index (χ1) is 7.75. The Balaban J connectivity index is 2.04. The molecule has 0 aromatic carbocycles. The number of hydrogen-bond donors (Lipinski definition) is 0. The highest BCUT2D eigenvalue weighted by atomic mass is 35.5. The molecular formula is C11H14ClFN2O. The third-order valence-electron chi connectivity index (χ3n) is 2.76. The van der Waals surface area contributed by atoms with E-state index < -0.39 is 5.82 Å². The zero-order valence-electron chi connectivity index (χ0n) is 8.96. The first kappa shape index (κ1) is 11.6. The minimum Gasteiger partial charge on any atom is -0.472 e. The van der Waals surface area contributed by atoms with Crippen LogP contribution in [0.1, 0.15) is 38.5 Å². The molecule has 1 aromatic rings. The van der Waals surface area contributed by atoms with E-state index >= 15 is 0 Å². The summed E-state index contributed by atoms with van der Waals surface area (Å²) in [6.45, 7) is 0. The van der Waals surface area contributed by atoms with Crippen LogP contribution in [0.25, 0.3) is 0 Å². The molecule has 0 bridgehead atoms. The zero-order valence-corrected chi connectivity index (χ0v) is 9.71. The summed E-state index contributed by atoms with van der Waals surface area (Å²) in [7, 11) is 0. The summed E-state index contributed by atoms with van der Waals surface area (Å²) >= 11 is 5.60. The molecule has 0 amide bonds. The largest absolute Gasteiger partial charge is 0.472 e. The number of nitrogens with zero attached hydrogens (tertiary/aromatic N) is 2. The monoisotopic (exact) mass is 244 g/mol. The van der Waals surface area contributed by atoms with Crippen LogP contribution in [0.3, 0.4) is 0 Å². The van der Waals surface area contributed by atoms with Gasteiger partial charge in [0.1, 0.15) is 6.10 Å². The lowest BCUT2D eigenvalue weighted by Crippen LogP contribution is -2.16. The van der Waals surface area contributed by atoms with Crippen molar-refractivity contribution < 1.29 is 9.13 Å². The second kappa shape index (κ2) is 5.43. The highest BCUT2D eigenvalue weighted by Crippen LogP contribution is 2.23. The van der Waals surface area contributed by atoms with E-state index in [1.807, 2.05) is 0 Å². The van der Waals surface area contributed by atoms with Gasteiger partial charge in [-0.2, -0.15) is 9.37 Å². The zero-order chi connectivity index (χ0) is 11.4. The second-order valence-electron chi connectivity index (χ2n) is 4.02. The molecule has 16 heavy (non-hydrogen) atoms. The fourth-order valence-corrected chi connectivity index (χ4v) is 2.06. The Morgan fingerprint density at radius 1 is 1.25 bits per heavy atom. The SMILES string of the molecule is Fc1cnc(Cl)nc1OC1CCCCCC1. The van der Waals surface area contributed by atoms with Crippen LogP contribution in [-0.4, -0.2) is 16.1 Å². The molecular weight excluding hydrogens is 231 g/mol. The van der Waals surface area contributed by atoms with E-state index in [0.717, 1.165) is 31.9 Å². The fraction of sp³-hybridized carbons (Fsp3) is 0.636. The van der Waals surface area contributed by atoms with Crippen molar-refractivity contribution >= 4 is 11.6 Å². The average Bonchev–Trinajstić information content (AvgIpc) is 2.52. The van der Waals surface area contributed by atoms with Crippen molar-refractivity contribution in [3.8, 4) is 5.88 Å². The van der Waals surface area contributed by atoms with E-state index in [2.05, 4.69) is 9.97 Å². The summed E-state index contributed by atoms with van der Waals surface area (Å²) in [5, 5.41) is 0.0185. The van der Waals surface area contributed by atoms with Crippen molar-refractivity contribution in [3.63, 3.8) is 0 Å². The number of halogens is 2. The molecule has 0 radical (unpaired) electrons. The third kappa shape index (κ3) is 3.04. The van der Waals surface area contributed by atoms with E-state index in [1.165, 1.54) is 12.8 Å². The van der Waals surface area contributed by atoms with Crippen molar-refractivity contribution in [2.75, 3.05) is 0 Å². The van der Waals surface area contributed by atoms with Gasteiger partial charge in [0, 0.05) is 0 Å². The van der Waals surface area contributed by atoms with Crippen LogP contribution in [-0.2, 0) is 0 Å². The fourth-order valence-electron chi connectivity index (χ4n) is 1.93. The molecule has 5 heteroatoms. The summed E-state index contributed by atoms with van der Waals surface area (Å²) in [6.07, 6.45) is 7.74. The van der Waals surface area contributed by atoms with Gasteiger partial charge in [0.25, 0.3) is 5.88 Å². The Bertz CT molecular complexity index is 354. The third-order valence-corrected chi connectivity index (χ3v) is 2.95. The van der Waals surface area contributed by atoms with E-state index in [-0.39, 0.29) is 17.3 Å². The topological polar surface area (TPSA) is 35.0 Å². The minimum absolute atomic E-state index is 0.0185. The lowest BCUT2D eigenvalue weighted by Gasteiger charge is -2.16. The van der Waals surface area contributed by atoms with Crippen molar-refractivity contribution in [1.82, 2.24) is 9.97 Å². The van der Waals surface area contributed by atoms with E-state index in [1.54, 1.807) is 0 Å². The maximum atomic E-state index is 13.3. The molecule has 1 heterocycles. The van der Waals surface area contributed by atoms with Crippen LogP contribution in [0.2, 0.25) is 5.28 Å². The Kier molecular flexibility index (Phi) is 3.93. The number of ether oxygens (including phenoxy) is 1. The van der Waals surface area contributed by atoms with Gasteiger partial charge in [0.15, 0.2) is 0 Å². The molecule has 0 aliphatic heterocycles. The quantitative estimate of drug-likeness (QED) is 0.591. The van der Waals surface area contributed by atoms with Crippen molar-refractivity contribution in [2.45, 2.75) is 44.6 Å². The summed E-state index contributed by atoms with van der Waals surface area (Å²) in [6, 6.07) is 0. The molecule has 1 saturated carbocycles. The predicted octanol–water partition coefficient (Wildman–Crippen LogP) is 3.37. The molecule has 0 spiro atoms. The smallest absolute Gasteiger partial charge is 0.255 e. The number of rotatable bonds is 2. The summed E-state index contributed by atoms with van der Waals surface area (Å²) in [5.74, 6) is -0.569. The molecule has 0 atom stereocenters. The van der Waals surface area contributed by atoms with Gasteiger partial charge in [-0.25, -0.2) is 4.98 Å². The molecule has 88 valence electrons. The molecule has 1 fully saturated rings. The molecule has 0 unspecified atom stereocenters. The summed E-state index contributed by atoms with van der Waals surface area (Å²) in [5.41, 5.74) is 0. The van der Waals surface area contributed by atoms with E-state index in [9.17, 15) is 4.39 Å². The van der Waals surface area contributed by atoms with Crippen molar-refractivity contribution in [2.24, 2.45) is 0 Å². The summed E-state index contributed by atoms with van der Waals surface area (Å²) < 4.78 is 18.9. The maximum absolute atomic E-state index is 13.3. The normalized spacial score (nSPS) is 18.1. The summed E-state index contributed by atoms with van der Waals surface area (Å²) in [4.78, 5) is 7.30. The van der Waals surface area contributed by atoms with Crippen LogP contribution in [0.15, 0.2) is 6.20 Å². The Hall–Kier alpha value is -0.900. The highest BCUT2D eigenvalue weighted by Gasteiger charge is 2.17. The first-order valence-electron chi connectivity index (χ1n) is 5.60. The number of hydrogen-bond acceptors (Lipinski definition) is 3. The minimum atomic E-state index is -0.548. The lowest BCUT2D eigenvalue weighted by atomic mass is 10.1. The van der Waals surface area contributed by atoms with Gasteiger partial charge in [-0.3, -0.25) is 0 Å². The molecule has 1 aromatic heterocycles. The van der Waals surface area contributed by atoms with Gasteiger partial charge in [-0.15, -0.1) is 0 Å². The lowest BCUT2D eigenvalue weighted by molar-refractivity contribution is 0.167. The van der Waals surface area contributed by atoms with Crippen LogP contribution in [0, 0.1) is 5.82 Å². The van der Waals surface area contributed by atoms with Gasteiger partial charge >= 0.3 is 0 Å². The highest BCUT2D eigenvalue weighted by molar-refractivity contribution is 6.28. The second-order valence-corrected chi connectivity index (χ2v) is 4.36. The predicted molar refractivity (Wildman–Crippen MR) is 59.1 cm³/mol. The van der Waals surface area contributed by atoms with Crippen LogP contribution < -0.4 is 4.74 Å². The Labute approximate surface area is 99.0 Å². The van der Waals surface area contributed by atoms with Gasteiger partial charge in [0.05, 0.1) is 6.20 Å². The standard InChI is InChI=1S/C11H14ClFN2O/c12-11-14-7-9(13)10(15-11)16-8-5-3-1-2-4-6-8/h7-8H,1-6H2. The van der Waals surface area contributed by atoms with Gasteiger partial charge < -0.3 is 4.74 Å². The molecule has 1 aliphatic carbocycles. The van der Waals surface area contributed by atoms with Gasteiger partial charge in [0.2, 0.25) is 11.1 Å². The average molecular weight is 245 g/mol. The molecule has 1 aliphatic rings. The molecule has 0 saturated heterocycles. The van der Waals surface area contributed by atoms with Crippen LogP contribution in [0.5, 0.6) is 5.88 Å². The Morgan fingerprint density at radius 3 is 2.62 bits per heavy atom. The number of aromatic nitrogens is 2. The van der Waals surface area contributed by atoms with Gasteiger partial charge in [-0.1, -0.05) is 12.8 Å². The molecule has 0 N–H and O–H groups in total. The van der Waals surface area contributed by atoms with Crippen LogP contribution >= 0.6 is 11.6 Å². The maximum Gasteiger partial charge on any atom is 0.255 e. The van der Waals surface area contributed by atoms with E-state index in [4.69, 9.17) is 16.3 Å². The first-order valence-corrected chi connectivity index (χ1v) is 5.98. The molecule has 3 nitrogen and oxygen atoms in total. The van der Waals surface area contributed by atoms with Gasteiger partial charge in [-0.05, 0) is 37.3 Å². The van der Waals surface area contributed by atoms with Crippen molar-refractivity contribution in [3.05, 3.63) is 17.3 Å². The Morgan fingerprint density at radius 2 is 1.94 bits per heavy atom.